The molecule has 3 aliphatic rings. The van der Waals surface area contributed by atoms with Crippen molar-refractivity contribution in [1.82, 2.24) is 9.99 Å². The molecule has 0 radical (unpaired) electrons. The van der Waals surface area contributed by atoms with Gasteiger partial charge < -0.3 is 4.74 Å². The first-order chi connectivity index (χ1) is 16.5. The van der Waals surface area contributed by atoms with Gasteiger partial charge in [-0.25, -0.2) is 4.98 Å². The standard InChI is InChI=1S/C25H18N4O5/c30-24-22-15-5-6-16(11-15)23(22)25(31)28(24)27-13-19-18-4-2-1-3-14(18)7-9-20(19)34-21-10-8-17(12-26-21)29(32)33/h1-10,12-13,15-16,22-23H,11H2. The van der Waals surface area contributed by atoms with E-state index in [4.69, 9.17) is 4.74 Å². The number of carbonyl (C=O) groups excluding carboxylic acids is 2. The number of benzene rings is 2. The second kappa shape index (κ2) is 7.58. The molecule has 168 valence electrons. The Bertz CT molecular complexity index is 1380. The molecule has 1 aromatic heterocycles. The molecule has 4 atom stereocenters. The maximum absolute atomic E-state index is 13.0. The lowest BCUT2D eigenvalue weighted by atomic mass is 9.85. The largest absolute Gasteiger partial charge is 0.438 e. The van der Waals surface area contributed by atoms with Gasteiger partial charge in [0.1, 0.15) is 11.9 Å². The minimum atomic E-state index is -0.536. The minimum Gasteiger partial charge on any atom is -0.438 e. The fourth-order valence-electron chi connectivity index (χ4n) is 5.27. The van der Waals surface area contributed by atoms with Gasteiger partial charge in [-0.3, -0.25) is 19.7 Å². The molecule has 1 saturated heterocycles. The van der Waals surface area contributed by atoms with Crippen LogP contribution in [0.1, 0.15) is 12.0 Å². The van der Waals surface area contributed by atoms with Crippen molar-refractivity contribution < 1.29 is 19.2 Å². The molecule has 6 rings (SSSR count). The van der Waals surface area contributed by atoms with Gasteiger partial charge in [0.15, 0.2) is 0 Å². The Labute approximate surface area is 193 Å². The lowest BCUT2D eigenvalue weighted by Gasteiger charge is -2.13. The highest BCUT2D eigenvalue weighted by molar-refractivity contribution is 6.08. The summed E-state index contributed by atoms with van der Waals surface area (Å²) >= 11 is 0. The summed E-state index contributed by atoms with van der Waals surface area (Å²) in [6, 6.07) is 13.9. The van der Waals surface area contributed by atoms with Gasteiger partial charge >= 0.3 is 0 Å². The molecule has 3 aromatic rings. The van der Waals surface area contributed by atoms with Crippen molar-refractivity contribution in [2.45, 2.75) is 6.42 Å². The second-order valence-corrected chi connectivity index (χ2v) is 8.65. The number of allylic oxidation sites excluding steroid dienone is 2. The molecule has 2 heterocycles. The van der Waals surface area contributed by atoms with Crippen LogP contribution in [0.15, 0.2) is 72.0 Å². The number of hydrogen-bond acceptors (Lipinski definition) is 7. The predicted molar refractivity (Wildman–Crippen MR) is 122 cm³/mol. The number of pyridine rings is 1. The summed E-state index contributed by atoms with van der Waals surface area (Å²) in [5.74, 6) is -0.399. The van der Waals surface area contributed by atoms with Crippen LogP contribution < -0.4 is 4.74 Å². The van der Waals surface area contributed by atoms with Gasteiger partial charge in [-0.15, -0.1) is 0 Å². The van der Waals surface area contributed by atoms with E-state index in [0.717, 1.165) is 28.4 Å². The molecule has 1 aliphatic heterocycles. The van der Waals surface area contributed by atoms with Crippen molar-refractivity contribution in [3.05, 3.63) is 82.6 Å². The molecule has 9 nitrogen and oxygen atoms in total. The highest BCUT2D eigenvalue weighted by Gasteiger charge is 2.59. The normalized spacial score (nSPS) is 25.0. The van der Waals surface area contributed by atoms with Gasteiger partial charge in [0.05, 0.1) is 23.0 Å². The van der Waals surface area contributed by atoms with Crippen molar-refractivity contribution in [2.24, 2.45) is 28.8 Å². The van der Waals surface area contributed by atoms with Crippen LogP contribution in [0.4, 0.5) is 5.69 Å². The van der Waals surface area contributed by atoms with Crippen LogP contribution in [0.5, 0.6) is 11.6 Å². The van der Waals surface area contributed by atoms with E-state index >= 15 is 0 Å². The van der Waals surface area contributed by atoms with E-state index in [1.165, 1.54) is 18.3 Å². The van der Waals surface area contributed by atoms with Crippen LogP contribution in [-0.2, 0) is 9.59 Å². The van der Waals surface area contributed by atoms with Gasteiger partial charge in [0.2, 0.25) is 5.88 Å². The van der Waals surface area contributed by atoms with Crippen molar-refractivity contribution in [3.63, 3.8) is 0 Å². The quantitative estimate of drug-likeness (QED) is 0.189. The molecule has 1 saturated carbocycles. The highest BCUT2D eigenvalue weighted by Crippen LogP contribution is 2.52. The summed E-state index contributed by atoms with van der Waals surface area (Å²) in [5.41, 5.74) is 0.421. The van der Waals surface area contributed by atoms with Crippen LogP contribution >= 0.6 is 0 Å². The topological polar surface area (TPSA) is 115 Å². The molecule has 2 aliphatic carbocycles. The second-order valence-electron chi connectivity index (χ2n) is 8.65. The van der Waals surface area contributed by atoms with Crippen molar-refractivity contribution in [2.75, 3.05) is 0 Å². The number of imide groups is 1. The van der Waals surface area contributed by atoms with E-state index in [9.17, 15) is 19.7 Å². The Morgan fingerprint density at radius 3 is 2.44 bits per heavy atom. The van der Waals surface area contributed by atoms with E-state index in [0.29, 0.717) is 11.3 Å². The fraction of sp³-hybridized carbons (Fsp3) is 0.200. The average molecular weight is 454 g/mol. The average Bonchev–Trinajstić information content (AvgIpc) is 3.53. The van der Waals surface area contributed by atoms with Gasteiger partial charge in [-0.1, -0.05) is 42.5 Å². The van der Waals surface area contributed by atoms with E-state index in [-0.39, 0.29) is 47.1 Å². The summed E-state index contributed by atoms with van der Waals surface area (Å²) in [7, 11) is 0. The third kappa shape index (κ3) is 3.08. The van der Waals surface area contributed by atoms with Crippen molar-refractivity contribution in [3.8, 4) is 11.6 Å². The molecule has 2 bridgehead atoms. The molecule has 2 aromatic carbocycles. The van der Waals surface area contributed by atoms with Crippen LogP contribution in [0.2, 0.25) is 0 Å². The zero-order valence-electron chi connectivity index (χ0n) is 17.8. The van der Waals surface area contributed by atoms with Gasteiger partial charge in [-0.05, 0) is 35.1 Å². The lowest BCUT2D eigenvalue weighted by molar-refractivity contribution is -0.385. The van der Waals surface area contributed by atoms with Gasteiger partial charge in [-0.2, -0.15) is 10.1 Å². The fourth-order valence-corrected chi connectivity index (χ4v) is 5.27. The summed E-state index contributed by atoms with van der Waals surface area (Å²) in [4.78, 5) is 40.4. The number of ether oxygens (including phenoxy) is 1. The molecular formula is C25H18N4O5. The number of nitro groups is 1. The third-order valence-corrected chi connectivity index (χ3v) is 6.83. The molecular weight excluding hydrogens is 436 g/mol. The summed E-state index contributed by atoms with van der Waals surface area (Å²) < 4.78 is 5.92. The lowest BCUT2D eigenvalue weighted by Crippen LogP contribution is -2.28. The number of aromatic nitrogens is 1. The Hall–Kier alpha value is -4.40. The van der Waals surface area contributed by atoms with E-state index in [1.54, 1.807) is 6.07 Å². The maximum atomic E-state index is 13.0. The molecule has 4 unspecified atom stereocenters. The Morgan fingerprint density at radius 2 is 1.76 bits per heavy atom. The maximum Gasteiger partial charge on any atom is 0.287 e. The van der Waals surface area contributed by atoms with E-state index in [1.807, 2.05) is 42.5 Å². The molecule has 9 heteroatoms. The number of rotatable bonds is 5. The SMILES string of the molecule is O=C1C2C3C=CC(C3)C2C(=O)N1N=Cc1c(Oc2ccc([N+](=O)[O-])cn2)ccc2ccccc12. The monoisotopic (exact) mass is 454 g/mol. The number of hydrazone groups is 1. The van der Waals surface area contributed by atoms with E-state index in [2.05, 4.69) is 10.1 Å². The smallest absolute Gasteiger partial charge is 0.287 e. The Kier molecular flexibility index (Phi) is 4.51. The Morgan fingerprint density at radius 1 is 1.03 bits per heavy atom. The van der Waals surface area contributed by atoms with Crippen molar-refractivity contribution in [1.29, 1.82) is 0 Å². The molecule has 0 N–H and O–H groups in total. The van der Waals surface area contributed by atoms with Crippen LogP contribution in [0.3, 0.4) is 0 Å². The first-order valence-electron chi connectivity index (χ1n) is 10.9. The van der Waals surface area contributed by atoms with E-state index < -0.39 is 4.92 Å². The summed E-state index contributed by atoms with van der Waals surface area (Å²) in [6.45, 7) is 0. The first kappa shape index (κ1) is 20.2. The number of amides is 2. The minimum absolute atomic E-state index is 0.108. The van der Waals surface area contributed by atoms with Crippen LogP contribution in [0, 0.1) is 33.8 Å². The molecule has 2 fully saturated rings. The number of fused-ring (bicyclic) bond motifs is 6. The Balaban J connectivity index is 1.35. The zero-order valence-corrected chi connectivity index (χ0v) is 17.8. The first-order valence-corrected chi connectivity index (χ1v) is 10.9. The molecule has 0 spiro atoms. The molecule has 34 heavy (non-hydrogen) atoms. The summed E-state index contributed by atoms with van der Waals surface area (Å²) in [5, 5.41) is 17.9. The van der Waals surface area contributed by atoms with Gasteiger partial charge in [0, 0.05) is 17.7 Å². The van der Waals surface area contributed by atoms with Gasteiger partial charge in [0.25, 0.3) is 17.5 Å². The van der Waals surface area contributed by atoms with Crippen LogP contribution in [0.25, 0.3) is 10.8 Å². The number of hydrogen-bond donors (Lipinski definition) is 0. The van der Waals surface area contributed by atoms with Crippen LogP contribution in [-0.4, -0.2) is 32.9 Å². The number of carbonyl (C=O) groups is 2. The van der Waals surface area contributed by atoms with Crippen molar-refractivity contribution >= 4 is 34.5 Å². The summed E-state index contributed by atoms with van der Waals surface area (Å²) in [6.07, 6.45) is 7.52. The zero-order chi connectivity index (χ0) is 23.4. The molecule has 2 amide bonds. The number of nitrogens with zero attached hydrogens (tertiary/aromatic N) is 4. The highest BCUT2D eigenvalue weighted by atomic mass is 16.6. The third-order valence-electron chi connectivity index (χ3n) is 6.83. The predicted octanol–water partition coefficient (Wildman–Crippen LogP) is 4.08.